The van der Waals surface area contributed by atoms with Crippen molar-refractivity contribution in [3.8, 4) is 11.4 Å². The summed E-state index contributed by atoms with van der Waals surface area (Å²) in [4.78, 5) is 17.0. The number of halogens is 1. The molecule has 154 valence electrons. The largest absolute Gasteiger partial charge is 0.487 e. The molecular formula is C23H22ClN3O3. The molecule has 0 fully saturated rings. The molecule has 0 spiro atoms. The van der Waals surface area contributed by atoms with Crippen LogP contribution in [0, 0.1) is 6.92 Å². The highest BCUT2D eigenvalue weighted by Gasteiger charge is 2.17. The quantitative estimate of drug-likeness (QED) is 0.538. The Hall–Kier alpha value is -3.09. The third-order valence-corrected chi connectivity index (χ3v) is 5.22. The van der Waals surface area contributed by atoms with Gasteiger partial charge in [0, 0.05) is 55.0 Å². The molecule has 1 aliphatic rings. The fourth-order valence-electron chi connectivity index (χ4n) is 3.66. The molecule has 1 aromatic carbocycles. The van der Waals surface area contributed by atoms with Crippen LogP contribution in [0.5, 0.6) is 5.75 Å². The molecule has 0 unspecified atom stereocenters. The molecule has 4 aromatic rings. The van der Waals surface area contributed by atoms with Gasteiger partial charge in [0.15, 0.2) is 0 Å². The maximum absolute atomic E-state index is 12.7. The Balaban J connectivity index is 0.00000218. The van der Waals surface area contributed by atoms with E-state index in [9.17, 15) is 4.79 Å². The molecule has 30 heavy (non-hydrogen) atoms. The molecule has 1 aliphatic heterocycles. The number of furan rings is 1. The Kier molecular flexibility index (Phi) is 5.61. The lowest BCUT2D eigenvalue weighted by molar-refractivity contribution is 0.300. The van der Waals surface area contributed by atoms with Crippen LogP contribution < -0.4 is 15.6 Å². The van der Waals surface area contributed by atoms with Crippen molar-refractivity contribution in [2.24, 2.45) is 0 Å². The summed E-state index contributed by atoms with van der Waals surface area (Å²) in [6.07, 6.45) is 4.42. The van der Waals surface area contributed by atoms with E-state index in [1.165, 1.54) is 11.6 Å². The standard InChI is InChI=1S/C23H21N3O3.ClH/c1-15-2-3-16(25-12-15)14-28-18-7-9-26(23(27)11-18)17-4-5-19-20-13-24-8-6-21(20)29-22(19)10-17;/h2-5,7,9-12,24H,6,8,13-14H2,1H3;1H. The zero-order valence-electron chi connectivity index (χ0n) is 16.6. The number of pyridine rings is 2. The van der Waals surface area contributed by atoms with Crippen LogP contribution in [0.25, 0.3) is 16.7 Å². The smallest absolute Gasteiger partial charge is 0.258 e. The minimum absolute atomic E-state index is 0. The zero-order chi connectivity index (χ0) is 19.8. The van der Waals surface area contributed by atoms with Gasteiger partial charge < -0.3 is 14.5 Å². The second-order valence-electron chi connectivity index (χ2n) is 7.30. The van der Waals surface area contributed by atoms with Gasteiger partial charge in [0.25, 0.3) is 5.56 Å². The minimum Gasteiger partial charge on any atom is -0.487 e. The van der Waals surface area contributed by atoms with Gasteiger partial charge in [-0.3, -0.25) is 14.3 Å². The number of hydrogen-bond acceptors (Lipinski definition) is 5. The normalized spacial score (nSPS) is 13.0. The third kappa shape index (κ3) is 3.84. The topological polar surface area (TPSA) is 69.3 Å². The van der Waals surface area contributed by atoms with Crippen molar-refractivity contribution >= 4 is 23.4 Å². The van der Waals surface area contributed by atoms with E-state index in [1.807, 2.05) is 37.3 Å². The maximum atomic E-state index is 12.7. The van der Waals surface area contributed by atoms with Gasteiger partial charge in [-0.15, -0.1) is 12.4 Å². The van der Waals surface area contributed by atoms with Gasteiger partial charge in [0.2, 0.25) is 0 Å². The van der Waals surface area contributed by atoms with E-state index >= 15 is 0 Å². The van der Waals surface area contributed by atoms with Crippen LogP contribution in [0.2, 0.25) is 0 Å². The molecule has 3 aromatic heterocycles. The molecule has 0 saturated heterocycles. The van der Waals surface area contributed by atoms with Crippen molar-refractivity contribution in [2.45, 2.75) is 26.5 Å². The summed E-state index contributed by atoms with van der Waals surface area (Å²) in [5, 5.41) is 4.48. The number of nitrogens with one attached hydrogen (secondary N) is 1. The van der Waals surface area contributed by atoms with Crippen LogP contribution in [0.3, 0.4) is 0 Å². The predicted octanol–water partition coefficient (Wildman–Crippen LogP) is 3.93. The summed E-state index contributed by atoms with van der Waals surface area (Å²) in [5.74, 6) is 1.56. The summed E-state index contributed by atoms with van der Waals surface area (Å²) < 4.78 is 13.3. The molecular weight excluding hydrogens is 402 g/mol. The number of ether oxygens (including phenoxy) is 1. The Morgan fingerprint density at radius 2 is 2.10 bits per heavy atom. The van der Waals surface area contributed by atoms with Crippen LogP contribution in [-0.2, 0) is 19.6 Å². The van der Waals surface area contributed by atoms with E-state index in [0.717, 1.165) is 53.2 Å². The van der Waals surface area contributed by atoms with Gasteiger partial charge in [0.1, 0.15) is 23.7 Å². The summed E-state index contributed by atoms with van der Waals surface area (Å²) in [5.41, 5.74) is 4.57. The van der Waals surface area contributed by atoms with Crippen LogP contribution >= 0.6 is 12.4 Å². The zero-order valence-corrected chi connectivity index (χ0v) is 17.4. The summed E-state index contributed by atoms with van der Waals surface area (Å²) in [6.45, 7) is 4.06. The summed E-state index contributed by atoms with van der Waals surface area (Å²) in [7, 11) is 0. The van der Waals surface area contributed by atoms with Gasteiger partial charge in [-0.1, -0.05) is 6.07 Å². The van der Waals surface area contributed by atoms with Gasteiger partial charge >= 0.3 is 0 Å². The maximum Gasteiger partial charge on any atom is 0.258 e. The van der Waals surface area contributed by atoms with E-state index in [2.05, 4.69) is 10.3 Å². The van der Waals surface area contributed by atoms with Gasteiger partial charge in [-0.25, -0.2) is 0 Å². The molecule has 1 N–H and O–H groups in total. The fourth-order valence-corrected chi connectivity index (χ4v) is 3.66. The van der Waals surface area contributed by atoms with Crippen LogP contribution in [0.1, 0.15) is 22.6 Å². The Morgan fingerprint density at radius 1 is 1.20 bits per heavy atom. The van der Waals surface area contributed by atoms with E-state index in [1.54, 1.807) is 23.0 Å². The van der Waals surface area contributed by atoms with Crippen molar-refractivity contribution in [3.63, 3.8) is 0 Å². The van der Waals surface area contributed by atoms with E-state index < -0.39 is 0 Å². The molecule has 4 heterocycles. The first kappa shape index (κ1) is 20.2. The summed E-state index contributed by atoms with van der Waals surface area (Å²) >= 11 is 0. The Labute approximate surface area is 179 Å². The molecule has 0 atom stereocenters. The molecule has 0 radical (unpaired) electrons. The van der Waals surface area contributed by atoms with Crippen molar-refractivity contribution in [3.05, 3.63) is 87.8 Å². The van der Waals surface area contributed by atoms with Gasteiger partial charge in [0.05, 0.1) is 11.4 Å². The number of aryl methyl sites for hydroxylation is 1. The SMILES string of the molecule is Cc1ccc(COc2ccn(-c3ccc4c5c(oc4c3)CCNC5)c(=O)c2)nc1.Cl. The average Bonchev–Trinajstić information content (AvgIpc) is 3.11. The fraction of sp³-hybridized carbons (Fsp3) is 0.217. The van der Waals surface area contributed by atoms with Gasteiger partial charge in [-0.05, 0) is 36.8 Å². The van der Waals surface area contributed by atoms with Crippen molar-refractivity contribution in [1.82, 2.24) is 14.9 Å². The first-order valence-corrected chi connectivity index (χ1v) is 9.70. The second-order valence-corrected chi connectivity index (χ2v) is 7.30. The lowest BCUT2D eigenvalue weighted by Gasteiger charge is -2.10. The van der Waals surface area contributed by atoms with E-state index in [4.69, 9.17) is 9.15 Å². The minimum atomic E-state index is -0.156. The monoisotopic (exact) mass is 423 g/mol. The van der Waals surface area contributed by atoms with Gasteiger partial charge in [-0.2, -0.15) is 0 Å². The van der Waals surface area contributed by atoms with E-state index in [0.29, 0.717) is 12.4 Å². The highest BCUT2D eigenvalue weighted by molar-refractivity contribution is 5.85. The molecule has 0 saturated carbocycles. The number of aromatic nitrogens is 2. The molecule has 5 rings (SSSR count). The number of fused-ring (bicyclic) bond motifs is 3. The van der Waals surface area contributed by atoms with Crippen molar-refractivity contribution < 1.29 is 9.15 Å². The number of benzene rings is 1. The predicted molar refractivity (Wildman–Crippen MR) is 118 cm³/mol. The second kappa shape index (κ2) is 8.34. The molecule has 6 nitrogen and oxygen atoms in total. The molecule has 0 aliphatic carbocycles. The van der Waals surface area contributed by atoms with E-state index in [-0.39, 0.29) is 18.0 Å². The Bertz CT molecular complexity index is 1250. The third-order valence-electron chi connectivity index (χ3n) is 5.22. The lowest BCUT2D eigenvalue weighted by atomic mass is 10.1. The molecule has 0 amide bonds. The molecule has 0 bridgehead atoms. The Morgan fingerprint density at radius 3 is 2.90 bits per heavy atom. The van der Waals surface area contributed by atoms with Crippen LogP contribution in [0.15, 0.2) is 64.1 Å². The lowest BCUT2D eigenvalue weighted by Crippen LogP contribution is -2.22. The average molecular weight is 424 g/mol. The van der Waals surface area contributed by atoms with Crippen molar-refractivity contribution in [2.75, 3.05) is 6.54 Å². The number of hydrogen-bond donors (Lipinski definition) is 1. The van der Waals surface area contributed by atoms with Crippen LogP contribution in [-0.4, -0.2) is 16.1 Å². The first-order valence-electron chi connectivity index (χ1n) is 9.70. The number of rotatable bonds is 4. The number of nitrogens with zero attached hydrogens (tertiary/aromatic N) is 2. The molecule has 7 heteroatoms. The highest BCUT2D eigenvalue weighted by atomic mass is 35.5. The van der Waals surface area contributed by atoms with Crippen molar-refractivity contribution in [1.29, 1.82) is 0 Å². The first-order chi connectivity index (χ1) is 14.2. The van der Waals surface area contributed by atoms with Crippen LogP contribution in [0.4, 0.5) is 0 Å². The summed E-state index contributed by atoms with van der Waals surface area (Å²) in [6, 6.07) is 13.1. The highest BCUT2D eigenvalue weighted by Crippen LogP contribution is 2.29.